The molecule has 18 heavy (non-hydrogen) atoms. The minimum Gasteiger partial charge on any atom is -0.329 e. The number of hydrogen-bond donors (Lipinski definition) is 0. The van der Waals surface area contributed by atoms with Crippen LogP contribution >= 0.6 is 11.3 Å². The molecule has 2 aromatic rings. The topological polar surface area (TPSA) is 46.1 Å². The molecule has 1 unspecified atom stereocenters. The first-order valence-corrected chi connectivity index (χ1v) is 6.84. The minimum atomic E-state index is -0.0148. The summed E-state index contributed by atoms with van der Waals surface area (Å²) in [5, 5.41) is 2.05. The van der Waals surface area contributed by atoms with Crippen LogP contribution in [0.4, 0.5) is 0 Å². The molecule has 3 rings (SSSR count). The van der Waals surface area contributed by atoms with Gasteiger partial charge in [-0.15, -0.1) is 11.3 Å². The Morgan fingerprint density at radius 2 is 2.39 bits per heavy atom. The normalized spacial score (nSPS) is 19.1. The second-order valence-electron chi connectivity index (χ2n) is 4.26. The van der Waals surface area contributed by atoms with Crippen LogP contribution in [-0.2, 0) is 0 Å². The Morgan fingerprint density at radius 3 is 3.11 bits per heavy atom. The summed E-state index contributed by atoms with van der Waals surface area (Å²) < 4.78 is 0. The highest BCUT2D eigenvalue weighted by Gasteiger charge is 2.31. The molecule has 1 amide bonds. The van der Waals surface area contributed by atoms with Crippen LogP contribution in [0.5, 0.6) is 0 Å². The zero-order chi connectivity index (χ0) is 12.4. The Balaban J connectivity index is 1.85. The number of carbonyl (C=O) groups is 1. The Hall–Kier alpha value is -1.75. The fourth-order valence-electron chi connectivity index (χ4n) is 2.34. The summed E-state index contributed by atoms with van der Waals surface area (Å²) in [5.74, 6) is -0.0148. The summed E-state index contributed by atoms with van der Waals surface area (Å²) in [5.41, 5.74) is 0.431. The van der Waals surface area contributed by atoms with Gasteiger partial charge in [0.15, 0.2) is 0 Å². The van der Waals surface area contributed by atoms with E-state index >= 15 is 0 Å². The van der Waals surface area contributed by atoms with Gasteiger partial charge in [-0.2, -0.15) is 0 Å². The fourth-order valence-corrected chi connectivity index (χ4v) is 3.22. The van der Waals surface area contributed by atoms with Crippen LogP contribution in [0.3, 0.4) is 0 Å². The predicted molar refractivity (Wildman–Crippen MR) is 69.4 cm³/mol. The van der Waals surface area contributed by atoms with Gasteiger partial charge < -0.3 is 4.90 Å². The second kappa shape index (κ2) is 4.86. The van der Waals surface area contributed by atoms with Gasteiger partial charge in [-0.25, -0.2) is 4.98 Å². The van der Waals surface area contributed by atoms with Crippen molar-refractivity contribution in [3.8, 4) is 0 Å². The Morgan fingerprint density at radius 1 is 1.44 bits per heavy atom. The number of likely N-dealkylation sites (tertiary alicyclic amines) is 1. The van der Waals surface area contributed by atoms with Crippen LogP contribution in [0.1, 0.15) is 34.2 Å². The lowest BCUT2D eigenvalue weighted by atomic mass is 10.2. The van der Waals surface area contributed by atoms with Crippen molar-refractivity contribution in [3.05, 3.63) is 46.7 Å². The van der Waals surface area contributed by atoms with Crippen LogP contribution in [0, 0.1) is 0 Å². The summed E-state index contributed by atoms with van der Waals surface area (Å²) in [6.45, 7) is 0.804. The summed E-state index contributed by atoms with van der Waals surface area (Å²) in [6, 6.07) is 4.33. The van der Waals surface area contributed by atoms with E-state index in [4.69, 9.17) is 0 Å². The van der Waals surface area contributed by atoms with E-state index in [9.17, 15) is 4.79 Å². The number of hydrogen-bond acceptors (Lipinski definition) is 4. The highest BCUT2D eigenvalue weighted by molar-refractivity contribution is 7.10. The molecular weight excluding hydrogens is 246 g/mol. The molecule has 0 aliphatic carbocycles. The summed E-state index contributed by atoms with van der Waals surface area (Å²) in [4.78, 5) is 23.6. The highest BCUT2D eigenvalue weighted by Crippen LogP contribution is 2.35. The third kappa shape index (κ3) is 2.01. The number of nitrogens with zero attached hydrogens (tertiary/aromatic N) is 3. The van der Waals surface area contributed by atoms with Gasteiger partial charge >= 0.3 is 0 Å². The molecule has 0 N–H and O–H groups in total. The molecule has 1 fully saturated rings. The maximum absolute atomic E-state index is 12.4. The van der Waals surface area contributed by atoms with Crippen molar-refractivity contribution >= 4 is 17.2 Å². The average molecular weight is 259 g/mol. The second-order valence-corrected chi connectivity index (χ2v) is 5.24. The molecule has 0 bridgehead atoms. The van der Waals surface area contributed by atoms with Crippen LogP contribution < -0.4 is 0 Å². The van der Waals surface area contributed by atoms with Crippen LogP contribution in [0.2, 0.25) is 0 Å². The third-order valence-electron chi connectivity index (χ3n) is 3.17. The van der Waals surface area contributed by atoms with Crippen molar-refractivity contribution in [2.24, 2.45) is 0 Å². The van der Waals surface area contributed by atoms with E-state index in [1.165, 1.54) is 11.1 Å². The van der Waals surface area contributed by atoms with Crippen LogP contribution in [0.25, 0.3) is 0 Å². The molecule has 5 heteroatoms. The van der Waals surface area contributed by atoms with Gasteiger partial charge in [0.05, 0.1) is 12.2 Å². The van der Waals surface area contributed by atoms with Crippen molar-refractivity contribution in [2.45, 2.75) is 18.9 Å². The van der Waals surface area contributed by atoms with Crippen LogP contribution in [0.15, 0.2) is 36.1 Å². The van der Waals surface area contributed by atoms with Crippen LogP contribution in [-0.4, -0.2) is 27.3 Å². The zero-order valence-corrected chi connectivity index (χ0v) is 10.6. The molecule has 0 saturated carbocycles. The molecular formula is C13H13N3OS. The Kier molecular flexibility index (Phi) is 3.06. The van der Waals surface area contributed by atoms with Gasteiger partial charge in [-0.3, -0.25) is 9.78 Å². The van der Waals surface area contributed by atoms with E-state index < -0.39 is 0 Å². The molecule has 0 spiro atoms. The SMILES string of the molecule is O=C(c1cnccn1)N1CCCC1c1cccs1. The van der Waals surface area contributed by atoms with Gasteiger partial charge in [-0.05, 0) is 24.3 Å². The highest BCUT2D eigenvalue weighted by atomic mass is 32.1. The Bertz CT molecular complexity index is 526. The molecule has 1 atom stereocenters. The third-order valence-corrected chi connectivity index (χ3v) is 4.14. The number of carbonyl (C=O) groups excluding carboxylic acids is 1. The number of amides is 1. The molecule has 1 aliphatic rings. The molecule has 0 radical (unpaired) electrons. The van der Waals surface area contributed by atoms with Crippen molar-refractivity contribution in [1.29, 1.82) is 0 Å². The maximum Gasteiger partial charge on any atom is 0.274 e. The molecule has 0 aromatic carbocycles. The summed E-state index contributed by atoms with van der Waals surface area (Å²) in [6.07, 6.45) is 6.76. The summed E-state index contributed by atoms with van der Waals surface area (Å²) >= 11 is 1.71. The van der Waals surface area contributed by atoms with E-state index in [-0.39, 0.29) is 11.9 Å². The lowest BCUT2D eigenvalue weighted by molar-refractivity contribution is 0.0731. The number of rotatable bonds is 2. The molecule has 1 saturated heterocycles. The van der Waals surface area contributed by atoms with Gasteiger partial charge in [0.25, 0.3) is 5.91 Å². The molecule has 92 valence electrons. The average Bonchev–Trinajstić information content (AvgIpc) is 3.09. The predicted octanol–water partition coefficient (Wildman–Crippen LogP) is 2.52. The van der Waals surface area contributed by atoms with E-state index in [0.717, 1.165) is 19.4 Å². The van der Waals surface area contributed by atoms with Crippen molar-refractivity contribution in [2.75, 3.05) is 6.54 Å². The minimum absolute atomic E-state index is 0.0148. The lowest BCUT2D eigenvalue weighted by Gasteiger charge is -2.23. The lowest BCUT2D eigenvalue weighted by Crippen LogP contribution is -2.30. The molecule has 2 aromatic heterocycles. The van der Waals surface area contributed by atoms with Crippen molar-refractivity contribution in [3.63, 3.8) is 0 Å². The largest absolute Gasteiger partial charge is 0.329 e. The standard InChI is InChI=1S/C13H13N3OS/c17-13(10-9-14-5-6-15-10)16-7-1-3-11(16)12-4-2-8-18-12/h2,4-6,8-9,11H,1,3,7H2. The molecule has 4 nitrogen and oxygen atoms in total. The van der Waals surface area contributed by atoms with E-state index in [2.05, 4.69) is 21.4 Å². The first kappa shape index (κ1) is 11.3. The summed E-state index contributed by atoms with van der Waals surface area (Å²) in [7, 11) is 0. The van der Waals surface area contributed by atoms with Gasteiger partial charge in [0.2, 0.25) is 0 Å². The quantitative estimate of drug-likeness (QED) is 0.832. The zero-order valence-electron chi connectivity index (χ0n) is 9.82. The fraction of sp³-hybridized carbons (Fsp3) is 0.308. The van der Waals surface area contributed by atoms with E-state index in [1.807, 2.05) is 11.0 Å². The molecule has 1 aliphatic heterocycles. The van der Waals surface area contributed by atoms with Gasteiger partial charge in [0.1, 0.15) is 5.69 Å². The smallest absolute Gasteiger partial charge is 0.274 e. The van der Waals surface area contributed by atoms with Gasteiger partial charge in [0, 0.05) is 23.8 Å². The molecule has 3 heterocycles. The van der Waals surface area contributed by atoms with E-state index in [0.29, 0.717) is 5.69 Å². The first-order valence-electron chi connectivity index (χ1n) is 5.96. The van der Waals surface area contributed by atoms with Crippen molar-refractivity contribution in [1.82, 2.24) is 14.9 Å². The number of thiophene rings is 1. The monoisotopic (exact) mass is 259 g/mol. The first-order chi connectivity index (χ1) is 8.86. The Labute approximate surface area is 109 Å². The van der Waals surface area contributed by atoms with Crippen molar-refractivity contribution < 1.29 is 4.79 Å². The number of aromatic nitrogens is 2. The van der Waals surface area contributed by atoms with E-state index in [1.54, 1.807) is 23.7 Å². The van der Waals surface area contributed by atoms with Gasteiger partial charge in [-0.1, -0.05) is 6.07 Å². The maximum atomic E-state index is 12.4.